The maximum absolute atomic E-state index is 12.1. The summed E-state index contributed by atoms with van der Waals surface area (Å²) in [5, 5.41) is 4.14. The molecule has 1 atom stereocenters. The average molecular weight is 412 g/mol. The number of piperidine rings is 1. The minimum atomic E-state index is 0.169. The first kappa shape index (κ1) is 21.1. The van der Waals surface area contributed by atoms with Gasteiger partial charge in [-0.15, -0.1) is 0 Å². The third kappa shape index (κ3) is 5.49. The number of hydrogen-bond acceptors (Lipinski definition) is 5. The van der Waals surface area contributed by atoms with Crippen LogP contribution >= 0.6 is 0 Å². The third-order valence-corrected chi connectivity index (χ3v) is 6.38. The highest BCUT2D eigenvalue weighted by molar-refractivity contribution is 5.84. The highest BCUT2D eigenvalue weighted by Gasteiger charge is 2.21. The molecule has 0 bridgehead atoms. The van der Waals surface area contributed by atoms with Gasteiger partial charge in [-0.1, -0.05) is 18.2 Å². The first-order valence-corrected chi connectivity index (χ1v) is 11.2. The number of rotatable bonds is 8. The van der Waals surface area contributed by atoms with Crippen molar-refractivity contribution >= 4 is 16.8 Å². The lowest BCUT2D eigenvalue weighted by Crippen LogP contribution is -2.35. The van der Waals surface area contributed by atoms with Crippen molar-refractivity contribution in [2.75, 3.05) is 33.4 Å². The molecule has 6 nitrogen and oxygen atoms in total. The van der Waals surface area contributed by atoms with E-state index >= 15 is 0 Å². The van der Waals surface area contributed by atoms with Gasteiger partial charge in [0.05, 0.1) is 18.9 Å². The molecule has 0 unspecified atom stereocenters. The summed E-state index contributed by atoms with van der Waals surface area (Å²) in [5.74, 6) is 1.63. The second-order valence-corrected chi connectivity index (χ2v) is 8.53. The smallest absolute Gasteiger partial charge is 0.220 e. The maximum Gasteiger partial charge on any atom is 0.220 e. The van der Waals surface area contributed by atoms with Crippen LogP contribution in [0.4, 0.5) is 0 Å². The van der Waals surface area contributed by atoms with E-state index in [0.717, 1.165) is 80.7 Å². The Morgan fingerprint density at radius 1 is 1.23 bits per heavy atom. The van der Waals surface area contributed by atoms with Crippen LogP contribution in [0.1, 0.15) is 44.2 Å². The lowest BCUT2D eigenvalue weighted by molar-refractivity contribution is -0.122. The molecule has 0 spiro atoms. The van der Waals surface area contributed by atoms with Crippen LogP contribution in [-0.4, -0.2) is 55.2 Å². The van der Waals surface area contributed by atoms with E-state index in [1.54, 1.807) is 7.11 Å². The summed E-state index contributed by atoms with van der Waals surface area (Å²) in [6, 6.07) is 10.3. The van der Waals surface area contributed by atoms with E-state index in [2.05, 4.69) is 28.4 Å². The zero-order valence-corrected chi connectivity index (χ0v) is 17.9. The van der Waals surface area contributed by atoms with Gasteiger partial charge in [-0.25, -0.2) is 4.98 Å². The Morgan fingerprint density at radius 3 is 2.87 bits per heavy atom. The van der Waals surface area contributed by atoms with Crippen molar-refractivity contribution in [3.63, 3.8) is 0 Å². The van der Waals surface area contributed by atoms with Crippen LogP contribution in [0.25, 0.3) is 10.9 Å². The van der Waals surface area contributed by atoms with Gasteiger partial charge in [-0.3, -0.25) is 9.69 Å². The number of carbonyl (C=O) groups is 1. The highest BCUT2D eigenvalue weighted by Crippen LogP contribution is 2.26. The molecular weight excluding hydrogens is 378 g/mol. The first-order chi connectivity index (χ1) is 14.7. The van der Waals surface area contributed by atoms with E-state index in [4.69, 9.17) is 14.5 Å². The zero-order chi connectivity index (χ0) is 20.8. The van der Waals surface area contributed by atoms with Gasteiger partial charge in [-0.05, 0) is 63.2 Å². The number of nitrogens with zero attached hydrogens (tertiary/aromatic N) is 2. The Morgan fingerprint density at radius 2 is 2.10 bits per heavy atom. The van der Waals surface area contributed by atoms with Crippen molar-refractivity contribution in [2.24, 2.45) is 5.92 Å². The fourth-order valence-corrected chi connectivity index (χ4v) is 4.53. The fraction of sp³-hybridized carbons (Fsp3) is 0.583. The second-order valence-electron chi connectivity index (χ2n) is 8.53. The predicted octanol–water partition coefficient (Wildman–Crippen LogP) is 3.53. The van der Waals surface area contributed by atoms with Gasteiger partial charge in [0.2, 0.25) is 5.91 Å². The topological polar surface area (TPSA) is 63.7 Å². The number of amides is 1. The molecule has 0 radical (unpaired) electrons. The quantitative estimate of drug-likeness (QED) is 0.720. The standard InChI is InChI=1S/C24H33N3O3/c1-29-22-6-2-4-19-8-9-20(26-24(19)22)17-27-13-11-18(12-14-27)7-10-23(28)25-16-21-5-3-15-30-21/h2,4,6,8-9,18,21H,3,5,7,10-17H2,1H3,(H,25,28)/t21-/m0/s1. The van der Waals surface area contributed by atoms with Crippen molar-refractivity contribution in [1.29, 1.82) is 0 Å². The number of likely N-dealkylation sites (tertiary alicyclic amines) is 1. The van der Waals surface area contributed by atoms with E-state index in [9.17, 15) is 4.79 Å². The number of ether oxygens (including phenoxy) is 2. The van der Waals surface area contributed by atoms with E-state index < -0.39 is 0 Å². The second kappa shape index (κ2) is 10.2. The van der Waals surface area contributed by atoms with Crippen LogP contribution in [0, 0.1) is 5.92 Å². The van der Waals surface area contributed by atoms with Gasteiger partial charge >= 0.3 is 0 Å². The molecule has 1 aromatic heterocycles. The number of benzene rings is 1. The van der Waals surface area contributed by atoms with E-state index in [0.29, 0.717) is 18.9 Å². The molecule has 162 valence electrons. The number of nitrogens with one attached hydrogen (secondary N) is 1. The summed E-state index contributed by atoms with van der Waals surface area (Å²) < 4.78 is 11.0. The Labute approximate surface area is 178 Å². The fourth-order valence-electron chi connectivity index (χ4n) is 4.53. The number of carbonyl (C=O) groups excluding carboxylic acids is 1. The molecular formula is C24H33N3O3. The maximum atomic E-state index is 12.1. The minimum absolute atomic E-state index is 0.169. The van der Waals surface area contributed by atoms with Gasteiger partial charge in [0, 0.05) is 31.5 Å². The molecule has 2 aromatic rings. The summed E-state index contributed by atoms with van der Waals surface area (Å²) >= 11 is 0. The summed E-state index contributed by atoms with van der Waals surface area (Å²) in [5.41, 5.74) is 2.01. The van der Waals surface area contributed by atoms with Crippen molar-refractivity contribution in [3.05, 3.63) is 36.0 Å². The molecule has 2 aliphatic heterocycles. The molecule has 4 rings (SSSR count). The molecule has 0 aliphatic carbocycles. The monoisotopic (exact) mass is 411 g/mol. The summed E-state index contributed by atoms with van der Waals surface area (Å²) in [4.78, 5) is 19.4. The SMILES string of the molecule is COc1cccc2ccc(CN3CCC(CCC(=O)NC[C@@H]4CCCO4)CC3)nc12. The minimum Gasteiger partial charge on any atom is -0.494 e. The first-order valence-electron chi connectivity index (χ1n) is 11.2. The Hall–Kier alpha value is -2.18. The summed E-state index contributed by atoms with van der Waals surface area (Å²) in [6.07, 6.45) is 6.31. The molecule has 1 N–H and O–H groups in total. The van der Waals surface area contributed by atoms with E-state index in [-0.39, 0.29) is 12.0 Å². The van der Waals surface area contributed by atoms with Gasteiger partial charge in [0.15, 0.2) is 0 Å². The van der Waals surface area contributed by atoms with E-state index in [1.807, 2.05) is 12.1 Å². The number of fused-ring (bicyclic) bond motifs is 1. The largest absolute Gasteiger partial charge is 0.494 e. The molecule has 2 saturated heterocycles. The molecule has 30 heavy (non-hydrogen) atoms. The highest BCUT2D eigenvalue weighted by atomic mass is 16.5. The van der Waals surface area contributed by atoms with Crippen LogP contribution in [0.15, 0.2) is 30.3 Å². The van der Waals surface area contributed by atoms with Crippen LogP contribution in [-0.2, 0) is 16.1 Å². The number of pyridine rings is 1. The Balaban J connectivity index is 1.20. The molecule has 1 aromatic carbocycles. The van der Waals surface area contributed by atoms with Gasteiger partial charge in [0.25, 0.3) is 0 Å². The number of methoxy groups -OCH3 is 1. The van der Waals surface area contributed by atoms with Gasteiger partial charge in [0.1, 0.15) is 11.3 Å². The van der Waals surface area contributed by atoms with Crippen LogP contribution in [0.3, 0.4) is 0 Å². The Bertz CT molecular complexity index is 843. The Kier molecular flexibility index (Phi) is 7.18. The molecule has 0 saturated carbocycles. The van der Waals surface area contributed by atoms with Crippen LogP contribution < -0.4 is 10.1 Å². The molecule has 2 aliphatic rings. The summed E-state index contributed by atoms with van der Waals surface area (Å²) in [6.45, 7) is 4.49. The molecule has 6 heteroatoms. The summed E-state index contributed by atoms with van der Waals surface area (Å²) in [7, 11) is 1.69. The number of aromatic nitrogens is 1. The number of hydrogen-bond donors (Lipinski definition) is 1. The normalized spacial score (nSPS) is 20.5. The number of para-hydroxylation sites is 1. The molecule has 2 fully saturated rings. The average Bonchev–Trinajstić information content (AvgIpc) is 3.30. The van der Waals surface area contributed by atoms with Gasteiger partial charge in [-0.2, -0.15) is 0 Å². The lowest BCUT2D eigenvalue weighted by atomic mass is 9.92. The van der Waals surface area contributed by atoms with Crippen LogP contribution in [0.5, 0.6) is 5.75 Å². The van der Waals surface area contributed by atoms with Crippen molar-refractivity contribution in [2.45, 2.75) is 51.2 Å². The third-order valence-electron chi connectivity index (χ3n) is 6.38. The van der Waals surface area contributed by atoms with Gasteiger partial charge < -0.3 is 14.8 Å². The van der Waals surface area contributed by atoms with Crippen molar-refractivity contribution < 1.29 is 14.3 Å². The predicted molar refractivity (Wildman–Crippen MR) is 118 cm³/mol. The lowest BCUT2D eigenvalue weighted by Gasteiger charge is -2.31. The van der Waals surface area contributed by atoms with Crippen LogP contribution in [0.2, 0.25) is 0 Å². The molecule has 3 heterocycles. The zero-order valence-electron chi connectivity index (χ0n) is 17.9. The van der Waals surface area contributed by atoms with E-state index in [1.165, 1.54) is 0 Å². The van der Waals surface area contributed by atoms with Crippen molar-refractivity contribution in [3.8, 4) is 5.75 Å². The van der Waals surface area contributed by atoms with Crippen molar-refractivity contribution in [1.82, 2.24) is 15.2 Å². The molecule has 1 amide bonds.